The molecule has 3 aliphatic rings. The number of hydrogen-bond donors (Lipinski definition) is 0. The molecule has 0 bridgehead atoms. The molecule has 1 aromatic heterocycles. The van der Waals surface area contributed by atoms with Gasteiger partial charge in [0.1, 0.15) is 0 Å². The molecule has 0 unspecified atom stereocenters. The molecule has 5 nitrogen and oxygen atoms in total. The fraction of sp³-hybridized carbons (Fsp3) is 0.611. The van der Waals surface area contributed by atoms with E-state index >= 15 is 0 Å². The number of rotatable bonds is 2. The normalized spacial score (nSPS) is 28.3. The summed E-state index contributed by atoms with van der Waals surface area (Å²) < 4.78 is 0. The Morgan fingerprint density at radius 3 is 2.83 bits per heavy atom. The predicted molar refractivity (Wildman–Crippen MR) is 86.8 cm³/mol. The van der Waals surface area contributed by atoms with Crippen LogP contribution >= 0.6 is 0 Å². The predicted octanol–water partition coefficient (Wildman–Crippen LogP) is 2.37. The molecule has 0 aromatic carbocycles. The highest BCUT2D eigenvalue weighted by Gasteiger charge is 2.51. The summed E-state index contributed by atoms with van der Waals surface area (Å²) in [7, 11) is 0. The van der Waals surface area contributed by atoms with Crippen molar-refractivity contribution >= 4 is 17.5 Å². The van der Waals surface area contributed by atoms with Gasteiger partial charge in [-0.3, -0.25) is 14.6 Å². The van der Waals surface area contributed by atoms with E-state index in [0.717, 1.165) is 50.8 Å². The van der Waals surface area contributed by atoms with Crippen LogP contribution in [0.1, 0.15) is 44.9 Å². The minimum absolute atomic E-state index is 0.117. The second-order valence-electron chi connectivity index (χ2n) is 7.17. The minimum Gasteiger partial charge on any atom is -0.334 e. The monoisotopic (exact) mass is 313 g/mol. The van der Waals surface area contributed by atoms with Crippen LogP contribution in [0.3, 0.4) is 0 Å². The summed E-state index contributed by atoms with van der Waals surface area (Å²) in [6.45, 7) is 1.43. The van der Waals surface area contributed by atoms with Crippen LogP contribution in [0.4, 0.5) is 5.69 Å². The summed E-state index contributed by atoms with van der Waals surface area (Å²) in [5.41, 5.74) is 0.550. The molecule has 0 N–H and O–H groups in total. The molecule has 0 radical (unpaired) electrons. The zero-order valence-electron chi connectivity index (χ0n) is 13.4. The van der Waals surface area contributed by atoms with Crippen LogP contribution in [0.15, 0.2) is 24.5 Å². The summed E-state index contributed by atoms with van der Waals surface area (Å²) in [6.07, 6.45) is 10.2. The number of likely N-dealkylation sites (tertiary alicyclic amines) is 1. The number of carbonyl (C=O) groups excluding carboxylic acids is 2. The summed E-state index contributed by atoms with van der Waals surface area (Å²) in [5, 5.41) is 0. The summed E-state index contributed by atoms with van der Waals surface area (Å²) in [4.78, 5) is 33.5. The van der Waals surface area contributed by atoms with Crippen molar-refractivity contribution in [1.82, 2.24) is 9.88 Å². The quantitative estimate of drug-likeness (QED) is 0.842. The lowest BCUT2D eigenvalue weighted by molar-refractivity contribution is -0.146. The van der Waals surface area contributed by atoms with Gasteiger partial charge in [-0.25, -0.2) is 0 Å². The van der Waals surface area contributed by atoms with Crippen molar-refractivity contribution in [3.63, 3.8) is 0 Å². The zero-order chi connectivity index (χ0) is 15.9. The van der Waals surface area contributed by atoms with Gasteiger partial charge in [0.05, 0.1) is 23.8 Å². The number of piperidine rings is 1. The van der Waals surface area contributed by atoms with Crippen LogP contribution in [0.5, 0.6) is 0 Å². The van der Waals surface area contributed by atoms with Gasteiger partial charge in [-0.2, -0.15) is 0 Å². The number of nitrogens with zero attached hydrogens (tertiary/aromatic N) is 3. The van der Waals surface area contributed by atoms with E-state index in [0.29, 0.717) is 13.0 Å². The van der Waals surface area contributed by atoms with Crippen LogP contribution in [0.25, 0.3) is 0 Å². The van der Waals surface area contributed by atoms with Gasteiger partial charge >= 0.3 is 0 Å². The van der Waals surface area contributed by atoms with Crippen molar-refractivity contribution in [3.8, 4) is 0 Å². The van der Waals surface area contributed by atoms with Gasteiger partial charge in [-0.15, -0.1) is 0 Å². The lowest BCUT2D eigenvalue weighted by Gasteiger charge is -2.46. The van der Waals surface area contributed by atoms with Gasteiger partial charge in [0.25, 0.3) is 0 Å². The van der Waals surface area contributed by atoms with Crippen molar-refractivity contribution in [2.75, 3.05) is 18.0 Å². The first-order valence-corrected chi connectivity index (χ1v) is 8.71. The van der Waals surface area contributed by atoms with Crippen LogP contribution in [0.2, 0.25) is 0 Å². The summed E-state index contributed by atoms with van der Waals surface area (Å²) in [6, 6.07) is 3.77. The maximum absolute atomic E-state index is 12.9. The SMILES string of the molecule is O=C1C[C@@]2(CCCCN2C(=O)C2CCC2)CN1c1cccnc1. The molecule has 2 aliphatic heterocycles. The Morgan fingerprint density at radius 2 is 2.13 bits per heavy atom. The third-order valence-corrected chi connectivity index (χ3v) is 5.76. The summed E-state index contributed by atoms with van der Waals surface area (Å²) in [5.74, 6) is 0.607. The van der Waals surface area contributed by atoms with Gasteiger partial charge in [0, 0.05) is 25.2 Å². The molecule has 1 aliphatic carbocycles. The molecule has 2 amide bonds. The van der Waals surface area contributed by atoms with E-state index in [9.17, 15) is 9.59 Å². The first-order chi connectivity index (χ1) is 11.2. The average molecular weight is 313 g/mol. The Labute approximate surface area is 136 Å². The number of carbonyl (C=O) groups is 2. The largest absolute Gasteiger partial charge is 0.334 e. The smallest absolute Gasteiger partial charge is 0.229 e. The van der Waals surface area contributed by atoms with E-state index in [1.165, 1.54) is 0 Å². The molecule has 1 spiro atoms. The number of hydrogen-bond acceptors (Lipinski definition) is 3. The standard InChI is InChI=1S/C18H23N3O2/c22-16-11-18(13-20(16)15-7-4-9-19-12-15)8-1-2-10-21(18)17(23)14-5-3-6-14/h4,7,9,12,14H,1-3,5-6,8,10-11,13H2/t18-/m0/s1. The molecule has 1 saturated carbocycles. The first kappa shape index (κ1) is 14.7. The van der Waals surface area contributed by atoms with Gasteiger partial charge in [0.2, 0.25) is 11.8 Å². The van der Waals surface area contributed by atoms with Crippen molar-refractivity contribution in [3.05, 3.63) is 24.5 Å². The maximum atomic E-state index is 12.9. The Hall–Kier alpha value is -1.91. The molecule has 3 fully saturated rings. The molecule has 122 valence electrons. The Kier molecular flexibility index (Phi) is 3.58. The van der Waals surface area contributed by atoms with Gasteiger partial charge in [0.15, 0.2) is 0 Å². The van der Waals surface area contributed by atoms with Crippen molar-refractivity contribution in [1.29, 1.82) is 0 Å². The maximum Gasteiger partial charge on any atom is 0.229 e. The van der Waals surface area contributed by atoms with Gasteiger partial charge in [-0.1, -0.05) is 6.42 Å². The van der Waals surface area contributed by atoms with E-state index in [2.05, 4.69) is 9.88 Å². The number of anilines is 1. The van der Waals surface area contributed by atoms with Crippen LogP contribution in [-0.4, -0.2) is 40.3 Å². The fourth-order valence-corrected chi connectivity index (χ4v) is 4.23. The minimum atomic E-state index is -0.294. The number of amides is 2. The highest BCUT2D eigenvalue weighted by molar-refractivity contribution is 5.97. The third kappa shape index (κ3) is 2.42. The molecular formula is C18H23N3O2. The molecule has 4 rings (SSSR count). The van der Waals surface area contributed by atoms with Crippen molar-refractivity contribution < 1.29 is 9.59 Å². The van der Waals surface area contributed by atoms with Crippen molar-refractivity contribution in [2.24, 2.45) is 5.92 Å². The highest BCUT2D eigenvalue weighted by Crippen LogP contribution is 2.41. The van der Waals surface area contributed by atoms with E-state index in [-0.39, 0.29) is 23.3 Å². The molecule has 1 aromatic rings. The molecule has 2 saturated heterocycles. The Morgan fingerprint density at radius 1 is 1.26 bits per heavy atom. The Bertz CT molecular complexity index is 614. The lowest BCUT2D eigenvalue weighted by atomic mass is 9.80. The molecule has 23 heavy (non-hydrogen) atoms. The number of pyridine rings is 1. The van der Waals surface area contributed by atoms with E-state index in [1.807, 2.05) is 17.0 Å². The average Bonchev–Trinajstić information content (AvgIpc) is 2.83. The topological polar surface area (TPSA) is 53.5 Å². The van der Waals surface area contributed by atoms with E-state index in [1.54, 1.807) is 12.4 Å². The zero-order valence-corrected chi connectivity index (χ0v) is 13.4. The van der Waals surface area contributed by atoms with Crippen LogP contribution in [-0.2, 0) is 9.59 Å². The van der Waals surface area contributed by atoms with Crippen LogP contribution in [0, 0.1) is 5.92 Å². The summed E-state index contributed by atoms with van der Waals surface area (Å²) >= 11 is 0. The van der Waals surface area contributed by atoms with Crippen molar-refractivity contribution in [2.45, 2.75) is 50.5 Å². The molecule has 3 heterocycles. The fourth-order valence-electron chi connectivity index (χ4n) is 4.23. The first-order valence-electron chi connectivity index (χ1n) is 8.71. The second-order valence-corrected chi connectivity index (χ2v) is 7.17. The lowest BCUT2D eigenvalue weighted by Crippen LogP contribution is -2.58. The molecule has 5 heteroatoms. The van der Waals surface area contributed by atoms with Gasteiger partial charge < -0.3 is 9.80 Å². The van der Waals surface area contributed by atoms with Crippen LogP contribution < -0.4 is 4.90 Å². The Balaban J connectivity index is 1.60. The third-order valence-electron chi connectivity index (χ3n) is 5.76. The molecular weight excluding hydrogens is 290 g/mol. The highest BCUT2D eigenvalue weighted by atomic mass is 16.2. The van der Waals surface area contributed by atoms with E-state index in [4.69, 9.17) is 0 Å². The van der Waals surface area contributed by atoms with Gasteiger partial charge in [-0.05, 0) is 44.2 Å². The molecule has 1 atom stereocenters. The number of aromatic nitrogens is 1. The van der Waals surface area contributed by atoms with E-state index < -0.39 is 0 Å². The second kappa shape index (κ2) is 5.62.